The molecule has 0 bridgehead atoms. The van der Waals surface area contributed by atoms with E-state index in [9.17, 15) is 20.0 Å². The highest BCUT2D eigenvalue weighted by Crippen LogP contribution is 2.35. The van der Waals surface area contributed by atoms with Crippen LogP contribution >= 0.6 is 0 Å². The molecule has 2 radical (unpaired) electrons. The number of carboxylic acids is 1. The van der Waals surface area contributed by atoms with Crippen LogP contribution in [0.25, 0.3) is 27.5 Å². The minimum Gasteiger partial charge on any atom is -0.478 e. The summed E-state index contributed by atoms with van der Waals surface area (Å²) in [5, 5.41) is 22.0. The Labute approximate surface area is 155 Å². The van der Waals surface area contributed by atoms with E-state index in [0.29, 0.717) is 21.9 Å². The van der Waals surface area contributed by atoms with Crippen LogP contribution in [0.5, 0.6) is 0 Å². The summed E-state index contributed by atoms with van der Waals surface area (Å²) in [6.07, 6.45) is 0. The summed E-state index contributed by atoms with van der Waals surface area (Å²) in [4.78, 5) is 22.4. The number of nitrogens with zero attached hydrogens (tertiary/aromatic N) is 2. The molecular weight excluding hydrogens is 343 g/mol. The first-order chi connectivity index (χ1) is 12.9. The first-order valence-corrected chi connectivity index (χ1v) is 8.20. The zero-order valence-corrected chi connectivity index (χ0v) is 14.3. The Morgan fingerprint density at radius 2 is 1.89 bits per heavy atom. The molecule has 1 heterocycles. The van der Waals surface area contributed by atoms with Gasteiger partial charge in [-0.1, -0.05) is 23.7 Å². The number of non-ortho nitro benzene ring substituents is 1. The lowest BCUT2D eigenvalue weighted by Crippen LogP contribution is -2.01. The average Bonchev–Trinajstić information content (AvgIpc) is 2.95. The van der Waals surface area contributed by atoms with Gasteiger partial charge in [-0.05, 0) is 36.8 Å². The molecule has 0 aliphatic rings. The highest BCUT2D eigenvalue weighted by Gasteiger charge is 2.19. The van der Waals surface area contributed by atoms with E-state index in [1.807, 2.05) is 16.7 Å². The molecule has 0 saturated heterocycles. The van der Waals surface area contributed by atoms with E-state index in [2.05, 4.69) is 0 Å². The van der Waals surface area contributed by atoms with Crippen LogP contribution in [0.1, 0.15) is 15.9 Å². The van der Waals surface area contributed by atoms with Crippen molar-refractivity contribution < 1.29 is 14.8 Å². The first-order valence-electron chi connectivity index (χ1n) is 8.20. The van der Waals surface area contributed by atoms with E-state index in [0.717, 1.165) is 16.6 Å². The second kappa shape index (κ2) is 5.98. The number of benzene rings is 3. The van der Waals surface area contributed by atoms with Gasteiger partial charge in [-0.2, -0.15) is 0 Å². The van der Waals surface area contributed by atoms with Gasteiger partial charge in [0.2, 0.25) is 0 Å². The third-order valence-electron chi connectivity index (χ3n) is 4.68. The van der Waals surface area contributed by atoms with Crippen molar-refractivity contribution in [3.8, 4) is 5.69 Å². The number of carbonyl (C=O) groups is 1. The van der Waals surface area contributed by atoms with Gasteiger partial charge in [-0.25, -0.2) is 4.79 Å². The summed E-state index contributed by atoms with van der Waals surface area (Å²) >= 11 is 0. The van der Waals surface area contributed by atoms with E-state index in [4.69, 9.17) is 7.85 Å². The maximum atomic E-state index is 11.8. The molecule has 1 N–H and O–H groups in total. The lowest BCUT2D eigenvalue weighted by Gasteiger charge is -2.11. The molecule has 6 nitrogen and oxygen atoms in total. The van der Waals surface area contributed by atoms with Crippen molar-refractivity contribution in [3.63, 3.8) is 0 Å². The summed E-state index contributed by atoms with van der Waals surface area (Å²) in [5.74, 6) is -1.03. The monoisotopic (exact) mass is 356 g/mol. The second-order valence-electron chi connectivity index (χ2n) is 6.34. The number of aromatic carboxylic acids is 1. The van der Waals surface area contributed by atoms with Crippen LogP contribution in [-0.2, 0) is 0 Å². The lowest BCUT2D eigenvalue weighted by molar-refractivity contribution is -0.384. The molecule has 0 amide bonds. The van der Waals surface area contributed by atoms with E-state index < -0.39 is 10.9 Å². The molecule has 4 rings (SSSR count). The van der Waals surface area contributed by atoms with Gasteiger partial charge in [0.1, 0.15) is 7.85 Å². The summed E-state index contributed by atoms with van der Waals surface area (Å²) in [6.45, 7) is 1.79. The SMILES string of the molecule is [B]c1ccc2c(c1)c1c(C(=O)O)cccc1n2-c1ccc([N+](=O)[O-])cc1C. The zero-order chi connectivity index (χ0) is 19.3. The molecule has 27 heavy (non-hydrogen) atoms. The lowest BCUT2D eigenvalue weighted by atomic mass is 9.94. The Morgan fingerprint density at radius 3 is 2.56 bits per heavy atom. The van der Waals surface area contributed by atoms with E-state index in [1.54, 1.807) is 37.3 Å². The van der Waals surface area contributed by atoms with Crippen molar-refractivity contribution in [2.75, 3.05) is 0 Å². The Hall–Kier alpha value is -3.61. The zero-order valence-electron chi connectivity index (χ0n) is 14.3. The predicted molar refractivity (Wildman–Crippen MR) is 105 cm³/mol. The highest BCUT2D eigenvalue weighted by atomic mass is 16.6. The van der Waals surface area contributed by atoms with Crippen LogP contribution in [0, 0.1) is 17.0 Å². The molecule has 0 aliphatic heterocycles. The van der Waals surface area contributed by atoms with Crippen LogP contribution in [0.4, 0.5) is 5.69 Å². The van der Waals surface area contributed by atoms with Gasteiger partial charge in [0.15, 0.2) is 0 Å². The van der Waals surface area contributed by atoms with Crippen LogP contribution in [-0.4, -0.2) is 28.4 Å². The Balaban J connectivity index is 2.16. The Bertz CT molecular complexity index is 1260. The van der Waals surface area contributed by atoms with E-state index in [1.165, 1.54) is 12.1 Å². The summed E-state index contributed by atoms with van der Waals surface area (Å²) in [6, 6.07) is 15.0. The normalized spacial score (nSPS) is 11.1. The van der Waals surface area contributed by atoms with Crippen LogP contribution in [0.2, 0.25) is 0 Å². The van der Waals surface area contributed by atoms with Gasteiger partial charge in [0, 0.05) is 28.6 Å². The fourth-order valence-corrected chi connectivity index (χ4v) is 3.53. The molecule has 0 unspecified atom stereocenters. The quantitative estimate of drug-likeness (QED) is 0.346. The topological polar surface area (TPSA) is 85.4 Å². The van der Waals surface area contributed by atoms with Crippen LogP contribution in [0.15, 0.2) is 54.6 Å². The molecule has 0 atom stereocenters. The van der Waals surface area contributed by atoms with Crippen LogP contribution in [0.3, 0.4) is 0 Å². The molecule has 3 aromatic carbocycles. The van der Waals surface area contributed by atoms with Crippen molar-refractivity contribution in [2.45, 2.75) is 6.92 Å². The highest BCUT2D eigenvalue weighted by molar-refractivity contribution is 6.34. The molecule has 0 aliphatic carbocycles. The molecule has 0 fully saturated rings. The van der Waals surface area contributed by atoms with E-state index in [-0.39, 0.29) is 11.3 Å². The number of nitro benzene ring substituents is 1. The fourth-order valence-electron chi connectivity index (χ4n) is 3.53. The summed E-state index contributed by atoms with van der Waals surface area (Å²) in [7, 11) is 5.94. The molecule has 7 heteroatoms. The molecule has 0 spiro atoms. The number of aromatic nitrogens is 1. The minimum atomic E-state index is -1.03. The number of fused-ring (bicyclic) bond motifs is 3. The number of hydrogen-bond donors (Lipinski definition) is 1. The van der Waals surface area contributed by atoms with Gasteiger partial charge in [0.25, 0.3) is 5.69 Å². The fraction of sp³-hybridized carbons (Fsp3) is 0.0500. The van der Waals surface area contributed by atoms with Crippen LogP contribution < -0.4 is 5.46 Å². The maximum Gasteiger partial charge on any atom is 0.336 e. The number of nitro groups is 1. The van der Waals surface area contributed by atoms with Gasteiger partial charge in [-0.15, -0.1) is 0 Å². The Kier molecular flexibility index (Phi) is 3.73. The predicted octanol–water partition coefficient (Wildman–Crippen LogP) is 3.49. The van der Waals surface area contributed by atoms with Crippen molar-refractivity contribution >= 4 is 46.8 Å². The average molecular weight is 356 g/mol. The van der Waals surface area contributed by atoms with E-state index >= 15 is 0 Å². The molecule has 130 valence electrons. The second-order valence-corrected chi connectivity index (χ2v) is 6.34. The third kappa shape index (κ3) is 2.55. The largest absolute Gasteiger partial charge is 0.478 e. The third-order valence-corrected chi connectivity index (χ3v) is 4.68. The van der Waals surface area contributed by atoms with Gasteiger partial charge in [0.05, 0.1) is 21.5 Å². The molecule has 1 aromatic heterocycles. The number of carboxylic acid groups (broad SMARTS) is 1. The molecular formula is C20H13BN2O4. The number of hydrogen-bond acceptors (Lipinski definition) is 3. The van der Waals surface area contributed by atoms with Gasteiger partial charge >= 0.3 is 5.97 Å². The number of rotatable bonds is 3. The smallest absolute Gasteiger partial charge is 0.336 e. The van der Waals surface area contributed by atoms with Crippen molar-refractivity contribution in [2.24, 2.45) is 0 Å². The maximum absolute atomic E-state index is 11.8. The minimum absolute atomic E-state index is 0.00693. The molecule has 4 aromatic rings. The Morgan fingerprint density at radius 1 is 1.11 bits per heavy atom. The van der Waals surface area contributed by atoms with Gasteiger partial charge in [-0.3, -0.25) is 10.1 Å². The first kappa shape index (κ1) is 16.8. The molecule has 0 saturated carbocycles. The van der Waals surface area contributed by atoms with Crippen molar-refractivity contribution in [3.05, 3.63) is 75.8 Å². The summed E-state index contributed by atoms with van der Waals surface area (Å²) < 4.78 is 1.91. The summed E-state index contributed by atoms with van der Waals surface area (Å²) in [5.41, 5.74) is 3.65. The standard InChI is InChI=1S/C20H13BN2O4/c1-11-9-13(23(26)27)6-8-16(11)22-17-7-5-12(21)10-15(17)19-14(20(24)25)3-2-4-18(19)22/h2-10H,1H3,(H,24,25). The number of aryl methyl sites for hydroxylation is 1. The van der Waals surface area contributed by atoms with Crippen molar-refractivity contribution in [1.29, 1.82) is 0 Å². The van der Waals surface area contributed by atoms with Gasteiger partial charge < -0.3 is 9.67 Å². The van der Waals surface area contributed by atoms with Crippen molar-refractivity contribution in [1.82, 2.24) is 4.57 Å².